The predicted molar refractivity (Wildman–Crippen MR) is 119 cm³/mol. The Morgan fingerprint density at radius 2 is 0.800 bits per heavy atom. The van der Waals surface area contributed by atoms with Crippen LogP contribution in [0.1, 0.15) is 116 Å². The van der Waals surface area contributed by atoms with Crippen LogP contribution in [0.2, 0.25) is 19.1 Å². The Morgan fingerprint density at radius 1 is 0.520 bits per heavy atom. The fraction of sp³-hybridized carbons (Fsp3) is 1.00. The topological polar surface area (TPSA) is 9.23 Å². The average Bonchev–Trinajstić information content (AvgIpc) is 2.57. The monoisotopic (exact) mass is 379 g/mol. The molecule has 0 atom stereocenters. The van der Waals surface area contributed by atoms with Crippen molar-refractivity contribution in [2.75, 3.05) is 7.11 Å². The van der Waals surface area contributed by atoms with E-state index in [1.165, 1.54) is 115 Å². The van der Waals surface area contributed by atoms with Gasteiger partial charge >= 0.3 is 0 Å². The normalized spacial score (nSPS) is 11.5. The summed E-state index contributed by atoms with van der Waals surface area (Å²) in [6.07, 6.45) is 24.7. The Bertz CT molecular complexity index is 246. The third-order valence-corrected chi connectivity index (χ3v) is 8.10. The molecule has 0 aromatic heterocycles. The third-order valence-electron chi connectivity index (χ3n) is 5.43. The molecule has 0 aromatic carbocycles. The van der Waals surface area contributed by atoms with Crippen LogP contribution in [0.5, 0.6) is 0 Å². The SMILES string of the molecule is CCCCCCCCCCCCCCCCCCC[Si](C)(C)OC.[Na]. The first kappa shape index (κ1) is 28.4. The van der Waals surface area contributed by atoms with Crippen LogP contribution in [-0.2, 0) is 4.43 Å². The summed E-state index contributed by atoms with van der Waals surface area (Å²) in [6, 6.07) is 1.34. The van der Waals surface area contributed by atoms with Crippen molar-refractivity contribution in [1.82, 2.24) is 0 Å². The zero-order valence-electron chi connectivity index (χ0n) is 18.6. The summed E-state index contributed by atoms with van der Waals surface area (Å²) in [5.41, 5.74) is 0. The van der Waals surface area contributed by atoms with E-state index < -0.39 is 8.32 Å². The van der Waals surface area contributed by atoms with E-state index in [0.717, 1.165) is 0 Å². The van der Waals surface area contributed by atoms with Gasteiger partial charge in [0, 0.05) is 36.7 Å². The minimum Gasteiger partial charge on any atom is -0.420 e. The molecule has 0 bridgehead atoms. The first-order chi connectivity index (χ1) is 11.6. The molecule has 0 fully saturated rings. The molecule has 0 aliphatic rings. The Balaban J connectivity index is 0. The molecule has 0 saturated carbocycles. The van der Waals surface area contributed by atoms with Gasteiger partial charge in [-0.05, 0) is 19.1 Å². The number of hydrogen-bond donors (Lipinski definition) is 0. The van der Waals surface area contributed by atoms with Crippen LogP contribution in [-0.4, -0.2) is 45.0 Å². The molecule has 0 rings (SSSR count). The van der Waals surface area contributed by atoms with Crippen LogP contribution in [0.4, 0.5) is 0 Å². The van der Waals surface area contributed by atoms with Crippen molar-refractivity contribution in [2.24, 2.45) is 0 Å². The van der Waals surface area contributed by atoms with Crippen molar-refractivity contribution in [3.05, 3.63) is 0 Å². The maximum atomic E-state index is 5.61. The molecule has 0 spiro atoms. The van der Waals surface area contributed by atoms with E-state index in [2.05, 4.69) is 20.0 Å². The van der Waals surface area contributed by atoms with Gasteiger partial charge in [0.15, 0.2) is 8.32 Å². The summed E-state index contributed by atoms with van der Waals surface area (Å²) in [5.74, 6) is 0. The van der Waals surface area contributed by atoms with Gasteiger partial charge in [-0.15, -0.1) is 0 Å². The molecule has 0 amide bonds. The molecule has 1 nitrogen and oxygen atoms in total. The van der Waals surface area contributed by atoms with E-state index in [0.29, 0.717) is 0 Å². The number of unbranched alkanes of at least 4 members (excludes halogenated alkanes) is 16. The largest absolute Gasteiger partial charge is 0.420 e. The van der Waals surface area contributed by atoms with Gasteiger partial charge in [0.05, 0.1) is 0 Å². The second kappa shape index (κ2) is 21.5. The summed E-state index contributed by atoms with van der Waals surface area (Å²) in [5, 5.41) is 0. The maximum absolute atomic E-state index is 5.61. The molecule has 147 valence electrons. The van der Waals surface area contributed by atoms with Gasteiger partial charge in [0.1, 0.15) is 0 Å². The Morgan fingerprint density at radius 3 is 1.08 bits per heavy atom. The smallest absolute Gasteiger partial charge is 0.186 e. The van der Waals surface area contributed by atoms with Gasteiger partial charge in [0.2, 0.25) is 0 Å². The van der Waals surface area contributed by atoms with Crippen LogP contribution in [0.25, 0.3) is 0 Å². The standard InChI is InChI=1S/C22H48OSi.Na/c1-5-6-7-8-9-10-11-12-13-14-15-16-17-18-19-20-21-22-24(3,4)23-2;/h5-22H2,1-4H3;. The molecule has 0 N–H and O–H groups in total. The fourth-order valence-corrected chi connectivity index (χ4v) is 4.68. The van der Waals surface area contributed by atoms with Gasteiger partial charge in [-0.3, -0.25) is 0 Å². The second-order valence-electron chi connectivity index (χ2n) is 8.37. The van der Waals surface area contributed by atoms with Gasteiger partial charge in [-0.1, -0.05) is 116 Å². The average molecular weight is 380 g/mol. The van der Waals surface area contributed by atoms with Crippen molar-refractivity contribution in [2.45, 2.75) is 135 Å². The number of hydrogen-bond acceptors (Lipinski definition) is 1. The first-order valence-corrected chi connectivity index (χ1v) is 14.3. The fourth-order valence-electron chi connectivity index (χ4n) is 3.38. The van der Waals surface area contributed by atoms with Gasteiger partial charge in [-0.25, -0.2) is 0 Å². The van der Waals surface area contributed by atoms with Crippen molar-refractivity contribution in [1.29, 1.82) is 0 Å². The van der Waals surface area contributed by atoms with Gasteiger partial charge in [-0.2, -0.15) is 0 Å². The van der Waals surface area contributed by atoms with Crippen LogP contribution in [0.3, 0.4) is 0 Å². The molecular formula is C22H48NaOSi. The molecule has 3 heteroatoms. The first-order valence-electron chi connectivity index (χ1n) is 11.2. The molecular weight excluding hydrogens is 331 g/mol. The van der Waals surface area contributed by atoms with E-state index in [1.807, 2.05) is 7.11 Å². The molecule has 0 aromatic rings. The third kappa shape index (κ3) is 23.1. The summed E-state index contributed by atoms with van der Waals surface area (Å²) in [4.78, 5) is 0. The van der Waals surface area contributed by atoms with Crippen molar-refractivity contribution in [3.8, 4) is 0 Å². The van der Waals surface area contributed by atoms with Gasteiger partial charge in [0.25, 0.3) is 0 Å². The summed E-state index contributed by atoms with van der Waals surface area (Å²) in [7, 11) is 0.602. The van der Waals surface area contributed by atoms with Crippen molar-refractivity contribution >= 4 is 37.9 Å². The van der Waals surface area contributed by atoms with Crippen molar-refractivity contribution < 1.29 is 4.43 Å². The minimum absolute atomic E-state index is 0. The predicted octanol–water partition coefficient (Wildman–Crippen LogP) is 8.11. The zero-order chi connectivity index (χ0) is 17.9. The Labute approximate surface area is 183 Å². The van der Waals surface area contributed by atoms with Crippen LogP contribution in [0.15, 0.2) is 0 Å². The second-order valence-corrected chi connectivity index (χ2v) is 12.8. The molecule has 0 aliphatic carbocycles. The molecule has 0 aliphatic heterocycles. The van der Waals surface area contributed by atoms with E-state index in [-0.39, 0.29) is 29.6 Å². The molecule has 0 unspecified atom stereocenters. The Kier molecular flexibility index (Phi) is 24.4. The molecule has 25 heavy (non-hydrogen) atoms. The molecule has 0 heterocycles. The van der Waals surface area contributed by atoms with Crippen LogP contribution in [0, 0.1) is 0 Å². The summed E-state index contributed by atoms with van der Waals surface area (Å²) in [6.45, 7) is 6.96. The summed E-state index contributed by atoms with van der Waals surface area (Å²) >= 11 is 0. The van der Waals surface area contributed by atoms with Gasteiger partial charge < -0.3 is 4.43 Å². The van der Waals surface area contributed by atoms with Crippen molar-refractivity contribution in [3.63, 3.8) is 0 Å². The van der Waals surface area contributed by atoms with E-state index in [4.69, 9.17) is 4.43 Å². The quantitative estimate of drug-likeness (QED) is 0.163. The zero-order valence-corrected chi connectivity index (χ0v) is 21.6. The minimum atomic E-state index is -1.29. The Hall–Kier alpha value is 1.18. The van der Waals surface area contributed by atoms with E-state index in [9.17, 15) is 0 Å². The van der Waals surface area contributed by atoms with E-state index >= 15 is 0 Å². The molecule has 0 saturated heterocycles. The summed E-state index contributed by atoms with van der Waals surface area (Å²) < 4.78 is 5.61. The van der Waals surface area contributed by atoms with E-state index in [1.54, 1.807) is 0 Å². The maximum Gasteiger partial charge on any atom is 0.186 e. The number of rotatable bonds is 19. The van der Waals surface area contributed by atoms with Crippen LogP contribution < -0.4 is 0 Å². The van der Waals surface area contributed by atoms with Crippen LogP contribution >= 0.6 is 0 Å². The molecule has 1 radical (unpaired) electrons.